The maximum absolute atomic E-state index is 11.1. The van der Waals surface area contributed by atoms with Gasteiger partial charge in [0.25, 0.3) is 0 Å². The van der Waals surface area contributed by atoms with E-state index in [0.29, 0.717) is 5.57 Å². The van der Waals surface area contributed by atoms with Crippen LogP contribution in [0.5, 0.6) is 0 Å². The number of hydrogen-bond donors (Lipinski definition) is 2. The summed E-state index contributed by atoms with van der Waals surface area (Å²) in [4.78, 5) is 20.6. The summed E-state index contributed by atoms with van der Waals surface area (Å²) in [7, 11) is 0. The second-order valence-electron chi connectivity index (χ2n) is 4.76. The van der Waals surface area contributed by atoms with Gasteiger partial charge in [-0.2, -0.15) is 0 Å². The highest BCUT2D eigenvalue weighted by atomic mass is 16.4. The van der Waals surface area contributed by atoms with E-state index in [-0.39, 0.29) is 0 Å². The molecule has 2 aliphatic rings. The van der Waals surface area contributed by atoms with Gasteiger partial charge in [0.1, 0.15) is 0 Å². The van der Waals surface area contributed by atoms with Crippen molar-refractivity contribution >= 4 is 11.9 Å². The average molecular weight is 275 g/mol. The molecule has 0 saturated heterocycles. The van der Waals surface area contributed by atoms with Gasteiger partial charge in [0, 0.05) is 0 Å². The molecule has 0 radical (unpaired) electrons. The summed E-state index contributed by atoms with van der Waals surface area (Å²) >= 11 is 0. The first kappa shape index (κ1) is 16.0. The van der Waals surface area contributed by atoms with Gasteiger partial charge in [-0.1, -0.05) is 24.3 Å². The molecular weight excluding hydrogens is 254 g/mol. The maximum atomic E-state index is 11.1. The van der Waals surface area contributed by atoms with Gasteiger partial charge >= 0.3 is 5.97 Å². The van der Waals surface area contributed by atoms with Gasteiger partial charge < -0.3 is 10.8 Å². The number of carbonyl (C=O) groups excluding carboxylic acids is 1. The van der Waals surface area contributed by atoms with Crippen molar-refractivity contribution in [2.45, 2.75) is 38.5 Å². The Morgan fingerprint density at radius 3 is 2.20 bits per heavy atom. The Hall–Kier alpha value is -2.10. The Bertz CT molecular complexity index is 484. The minimum absolute atomic E-state index is 0.481. The second kappa shape index (κ2) is 8.15. The van der Waals surface area contributed by atoms with E-state index in [9.17, 15) is 9.59 Å². The summed E-state index contributed by atoms with van der Waals surface area (Å²) in [5, 5.41) is 9.16. The largest absolute Gasteiger partial charge is 0.478 e. The molecule has 0 spiro atoms. The van der Waals surface area contributed by atoms with Crippen molar-refractivity contribution < 1.29 is 14.7 Å². The van der Waals surface area contributed by atoms with Gasteiger partial charge in [-0.25, -0.2) is 4.79 Å². The monoisotopic (exact) mass is 275 g/mol. The number of nitrogens with two attached hydrogens (primary N) is 1. The summed E-state index contributed by atoms with van der Waals surface area (Å²) in [5.41, 5.74) is 7.27. The first-order chi connectivity index (χ1) is 9.54. The molecule has 1 amide bonds. The zero-order chi connectivity index (χ0) is 15.0. The topological polar surface area (TPSA) is 80.4 Å². The standard InChI is InChI=1S/C13H16O2.C3H5NO/c14-13(15)12(11-7-3-4-8-11)9-10-5-1-2-6-10;1-2-3(4)5/h5,7,9H,1-4,6,8H2,(H,14,15);2H,1H2,(H2,4,5). The third-order valence-corrected chi connectivity index (χ3v) is 3.22. The summed E-state index contributed by atoms with van der Waals surface area (Å²) in [6, 6.07) is 0. The highest BCUT2D eigenvalue weighted by Crippen LogP contribution is 2.28. The molecule has 0 bridgehead atoms. The van der Waals surface area contributed by atoms with Gasteiger partial charge in [-0.3, -0.25) is 4.79 Å². The van der Waals surface area contributed by atoms with Gasteiger partial charge in [-0.15, -0.1) is 0 Å². The molecule has 0 saturated carbocycles. The predicted octanol–water partition coefficient (Wildman–Crippen LogP) is 2.88. The number of allylic oxidation sites excluding steroid dienone is 4. The first-order valence-electron chi connectivity index (χ1n) is 6.80. The molecule has 0 aromatic carbocycles. The van der Waals surface area contributed by atoms with Gasteiger partial charge in [-0.05, 0) is 56.3 Å². The Kier molecular flexibility index (Phi) is 6.50. The molecule has 2 rings (SSSR count). The summed E-state index contributed by atoms with van der Waals surface area (Å²) < 4.78 is 0. The van der Waals surface area contributed by atoms with Crippen LogP contribution in [0.1, 0.15) is 38.5 Å². The number of primary amides is 1. The molecule has 2 aliphatic carbocycles. The molecule has 0 aliphatic heterocycles. The molecule has 0 heterocycles. The minimum atomic E-state index is -0.782. The lowest BCUT2D eigenvalue weighted by atomic mass is 10.0. The molecule has 0 aromatic heterocycles. The Labute approximate surface area is 119 Å². The number of rotatable bonds is 4. The summed E-state index contributed by atoms with van der Waals surface area (Å²) in [6.45, 7) is 3.09. The van der Waals surface area contributed by atoms with Crippen LogP contribution in [0.4, 0.5) is 0 Å². The molecule has 0 unspecified atom stereocenters. The van der Waals surface area contributed by atoms with Crippen LogP contribution < -0.4 is 5.73 Å². The van der Waals surface area contributed by atoms with Crippen LogP contribution in [0.15, 0.2) is 47.6 Å². The highest BCUT2D eigenvalue weighted by Gasteiger charge is 2.17. The van der Waals surface area contributed by atoms with Crippen molar-refractivity contribution in [3.05, 3.63) is 47.6 Å². The molecule has 0 fully saturated rings. The summed E-state index contributed by atoms with van der Waals surface area (Å²) in [5.74, 6) is -1.26. The zero-order valence-corrected chi connectivity index (χ0v) is 11.6. The van der Waals surface area contributed by atoms with Crippen molar-refractivity contribution in [3.8, 4) is 0 Å². The van der Waals surface area contributed by atoms with Crippen LogP contribution in [0, 0.1) is 0 Å². The maximum Gasteiger partial charge on any atom is 0.335 e. The predicted molar refractivity (Wildman–Crippen MR) is 79.0 cm³/mol. The quantitative estimate of drug-likeness (QED) is 0.774. The van der Waals surface area contributed by atoms with E-state index < -0.39 is 11.9 Å². The number of carbonyl (C=O) groups is 2. The fraction of sp³-hybridized carbons (Fsp3) is 0.375. The van der Waals surface area contributed by atoms with E-state index in [2.05, 4.69) is 24.5 Å². The van der Waals surface area contributed by atoms with Gasteiger partial charge in [0.15, 0.2) is 0 Å². The van der Waals surface area contributed by atoms with E-state index >= 15 is 0 Å². The van der Waals surface area contributed by atoms with Gasteiger partial charge in [0.05, 0.1) is 5.57 Å². The summed E-state index contributed by atoms with van der Waals surface area (Å²) in [6.07, 6.45) is 13.5. The zero-order valence-electron chi connectivity index (χ0n) is 11.6. The highest BCUT2D eigenvalue weighted by molar-refractivity contribution is 5.92. The average Bonchev–Trinajstić information content (AvgIpc) is 3.09. The smallest absolute Gasteiger partial charge is 0.335 e. The number of carboxylic acids is 1. The number of hydrogen-bond acceptors (Lipinski definition) is 2. The third-order valence-electron chi connectivity index (χ3n) is 3.22. The van der Waals surface area contributed by atoms with Crippen LogP contribution in [-0.4, -0.2) is 17.0 Å². The van der Waals surface area contributed by atoms with Crippen LogP contribution >= 0.6 is 0 Å². The van der Waals surface area contributed by atoms with Gasteiger partial charge in [0.2, 0.25) is 5.91 Å². The molecule has 20 heavy (non-hydrogen) atoms. The molecule has 3 N–H and O–H groups in total. The van der Waals surface area contributed by atoms with E-state index in [1.165, 1.54) is 5.57 Å². The Morgan fingerprint density at radius 1 is 1.20 bits per heavy atom. The normalized spacial score (nSPS) is 17.7. The van der Waals surface area contributed by atoms with E-state index in [1.807, 2.05) is 6.08 Å². The fourth-order valence-electron chi connectivity index (χ4n) is 2.22. The van der Waals surface area contributed by atoms with Crippen LogP contribution in [-0.2, 0) is 9.59 Å². The van der Waals surface area contributed by atoms with E-state index in [4.69, 9.17) is 5.11 Å². The fourth-order valence-corrected chi connectivity index (χ4v) is 2.22. The van der Waals surface area contributed by atoms with Crippen molar-refractivity contribution in [1.29, 1.82) is 0 Å². The van der Waals surface area contributed by atoms with E-state index in [0.717, 1.165) is 50.2 Å². The Morgan fingerprint density at radius 2 is 1.80 bits per heavy atom. The van der Waals surface area contributed by atoms with Crippen molar-refractivity contribution in [1.82, 2.24) is 0 Å². The third kappa shape index (κ3) is 5.26. The molecule has 4 nitrogen and oxygen atoms in total. The lowest BCUT2D eigenvalue weighted by Crippen LogP contribution is -2.04. The SMILES string of the molecule is C=CC(N)=O.O=C(O)C(=CC1=CCCC1)C1=CCCC1. The van der Waals surface area contributed by atoms with Crippen LogP contribution in [0.25, 0.3) is 0 Å². The number of carboxylic acid groups (broad SMARTS) is 1. The van der Waals surface area contributed by atoms with Crippen LogP contribution in [0.3, 0.4) is 0 Å². The molecule has 0 atom stereocenters. The lowest BCUT2D eigenvalue weighted by Gasteiger charge is -2.03. The number of amides is 1. The molecule has 0 aromatic rings. The minimum Gasteiger partial charge on any atom is -0.478 e. The Balaban J connectivity index is 0.000000347. The van der Waals surface area contributed by atoms with Crippen molar-refractivity contribution in [2.75, 3.05) is 0 Å². The lowest BCUT2D eigenvalue weighted by molar-refractivity contribution is -0.132. The number of aliphatic carboxylic acids is 1. The van der Waals surface area contributed by atoms with E-state index in [1.54, 1.807) is 0 Å². The molecule has 108 valence electrons. The molecular formula is C16H21NO3. The second-order valence-corrected chi connectivity index (χ2v) is 4.76. The molecule has 4 heteroatoms. The van der Waals surface area contributed by atoms with Crippen molar-refractivity contribution in [2.24, 2.45) is 5.73 Å². The van der Waals surface area contributed by atoms with Crippen molar-refractivity contribution in [3.63, 3.8) is 0 Å². The van der Waals surface area contributed by atoms with Crippen LogP contribution in [0.2, 0.25) is 0 Å². The first-order valence-corrected chi connectivity index (χ1v) is 6.80.